The van der Waals surface area contributed by atoms with Crippen molar-refractivity contribution in [1.29, 1.82) is 0 Å². The standard InChI is InChI=1S/C15H19NO3/c1-15(2,3)12(14(18)19-4)16-9-10-7-5-6-8-11(10)13(16)17/h5-8,12H,9H2,1-4H3/t12-/m1/s1. The van der Waals surface area contributed by atoms with Crippen molar-refractivity contribution in [3.8, 4) is 0 Å². The normalized spacial score (nSPS) is 16.2. The van der Waals surface area contributed by atoms with Crippen molar-refractivity contribution in [1.82, 2.24) is 4.90 Å². The highest BCUT2D eigenvalue weighted by molar-refractivity contribution is 6.00. The van der Waals surface area contributed by atoms with Gasteiger partial charge in [0, 0.05) is 12.1 Å². The summed E-state index contributed by atoms with van der Waals surface area (Å²) in [6, 6.07) is 6.89. The van der Waals surface area contributed by atoms with Crippen LogP contribution in [-0.2, 0) is 16.1 Å². The summed E-state index contributed by atoms with van der Waals surface area (Å²) in [6.07, 6.45) is 0. The van der Waals surface area contributed by atoms with E-state index in [0.29, 0.717) is 12.1 Å². The number of methoxy groups -OCH3 is 1. The van der Waals surface area contributed by atoms with Gasteiger partial charge in [-0.1, -0.05) is 39.0 Å². The van der Waals surface area contributed by atoms with Crippen molar-refractivity contribution >= 4 is 11.9 Å². The maximum Gasteiger partial charge on any atom is 0.329 e. The van der Waals surface area contributed by atoms with Crippen LogP contribution in [0.5, 0.6) is 0 Å². The van der Waals surface area contributed by atoms with Gasteiger partial charge in [0.15, 0.2) is 0 Å². The number of benzene rings is 1. The second-order valence-corrected chi connectivity index (χ2v) is 5.88. The van der Waals surface area contributed by atoms with Gasteiger partial charge < -0.3 is 9.64 Å². The largest absolute Gasteiger partial charge is 0.467 e. The monoisotopic (exact) mass is 261 g/mol. The van der Waals surface area contributed by atoms with Gasteiger partial charge in [-0.2, -0.15) is 0 Å². The van der Waals surface area contributed by atoms with E-state index in [1.807, 2.05) is 39.0 Å². The van der Waals surface area contributed by atoms with Crippen LogP contribution in [0.2, 0.25) is 0 Å². The summed E-state index contributed by atoms with van der Waals surface area (Å²) in [7, 11) is 1.36. The van der Waals surface area contributed by atoms with Crippen LogP contribution in [0.25, 0.3) is 0 Å². The van der Waals surface area contributed by atoms with E-state index in [1.54, 1.807) is 11.0 Å². The van der Waals surface area contributed by atoms with Crippen LogP contribution in [0.15, 0.2) is 24.3 Å². The third kappa shape index (κ3) is 2.35. The van der Waals surface area contributed by atoms with Crippen molar-refractivity contribution in [3.05, 3.63) is 35.4 Å². The number of carbonyl (C=O) groups is 2. The molecule has 1 aromatic carbocycles. The molecular formula is C15H19NO3. The van der Waals surface area contributed by atoms with Crippen LogP contribution in [0, 0.1) is 5.41 Å². The minimum absolute atomic E-state index is 0.0964. The van der Waals surface area contributed by atoms with Gasteiger partial charge in [-0.05, 0) is 17.0 Å². The van der Waals surface area contributed by atoms with Gasteiger partial charge in [0.05, 0.1) is 7.11 Å². The van der Waals surface area contributed by atoms with Gasteiger partial charge in [-0.15, -0.1) is 0 Å². The lowest BCUT2D eigenvalue weighted by Crippen LogP contribution is -2.50. The van der Waals surface area contributed by atoms with Gasteiger partial charge in [0.1, 0.15) is 6.04 Å². The molecule has 0 saturated carbocycles. The molecule has 0 fully saturated rings. The van der Waals surface area contributed by atoms with Gasteiger partial charge in [0.25, 0.3) is 5.91 Å². The zero-order valence-electron chi connectivity index (χ0n) is 11.8. The molecule has 0 bridgehead atoms. The molecule has 19 heavy (non-hydrogen) atoms. The van der Waals surface area contributed by atoms with E-state index in [9.17, 15) is 9.59 Å². The lowest BCUT2D eigenvalue weighted by molar-refractivity contribution is -0.150. The van der Waals surface area contributed by atoms with E-state index >= 15 is 0 Å². The predicted molar refractivity (Wildman–Crippen MR) is 71.6 cm³/mol. The van der Waals surface area contributed by atoms with Crippen LogP contribution in [0.1, 0.15) is 36.7 Å². The number of carbonyl (C=O) groups excluding carboxylic acids is 2. The molecule has 4 nitrogen and oxygen atoms in total. The Morgan fingerprint density at radius 1 is 1.32 bits per heavy atom. The summed E-state index contributed by atoms with van der Waals surface area (Å²) in [5.41, 5.74) is 1.27. The number of nitrogens with zero attached hydrogens (tertiary/aromatic N) is 1. The Kier molecular flexibility index (Phi) is 3.35. The first-order valence-corrected chi connectivity index (χ1v) is 6.33. The molecule has 1 aliphatic rings. The van der Waals surface area contributed by atoms with Gasteiger partial charge >= 0.3 is 5.97 Å². The molecule has 0 aromatic heterocycles. The van der Waals surface area contributed by atoms with Gasteiger partial charge in [0.2, 0.25) is 0 Å². The van der Waals surface area contributed by atoms with Crippen LogP contribution in [-0.4, -0.2) is 29.9 Å². The quantitative estimate of drug-likeness (QED) is 0.767. The summed E-state index contributed by atoms with van der Waals surface area (Å²) in [4.78, 5) is 26.1. The fraction of sp³-hybridized carbons (Fsp3) is 0.467. The molecule has 4 heteroatoms. The SMILES string of the molecule is COC(=O)[C@@H](N1Cc2ccccc2C1=O)C(C)(C)C. The van der Waals surface area contributed by atoms with Crippen molar-refractivity contribution in [2.45, 2.75) is 33.4 Å². The molecule has 102 valence electrons. The van der Waals surface area contributed by atoms with Crippen LogP contribution < -0.4 is 0 Å². The number of hydrogen-bond acceptors (Lipinski definition) is 3. The molecule has 1 heterocycles. The topological polar surface area (TPSA) is 46.6 Å². The molecule has 0 aliphatic carbocycles. The molecule has 0 N–H and O–H groups in total. The first kappa shape index (κ1) is 13.6. The second kappa shape index (κ2) is 4.68. The molecule has 0 unspecified atom stereocenters. The Hall–Kier alpha value is -1.84. The lowest BCUT2D eigenvalue weighted by atomic mass is 9.85. The highest BCUT2D eigenvalue weighted by Crippen LogP contribution is 2.32. The molecule has 0 saturated heterocycles. The number of esters is 1. The molecule has 1 aliphatic heterocycles. The van der Waals surface area contributed by atoms with Crippen molar-refractivity contribution in [2.75, 3.05) is 7.11 Å². The van der Waals surface area contributed by atoms with Crippen LogP contribution in [0.3, 0.4) is 0 Å². The zero-order valence-corrected chi connectivity index (χ0v) is 11.8. The molecule has 1 aromatic rings. The Morgan fingerprint density at radius 2 is 1.95 bits per heavy atom. The smallest absolute Gasteiger partial charge is 0.329 e. The Bertz CT molecular complexity index is 516. The Morgan fingerprint density at radius 3 is 2.47 bits per heavy atom. The predicted octanol–water partition coefficient (Wildman–Crippen LogP) is 2.23. The molecule has 1 amide bonds. The summed E-state index contributed by atoms with van der Waals surface area (Å²) in [6.45, 7) is 6.27. The van der Waals surface area contributed by atoms with Crippen LogP contribution >= 0.6 is 0 Å². The third-order valence-corrected chi connectivity index (χ3v) is 3.41. The zero-order chi connectivity index (χ0) is 14.2. The average Bonchev–Trinajstić information content (AvgIpc) is 2.66. The summed E-state index contributed by atoms with van der Waals surface area (Å²) in [5, 5.41) is 0. The van der Waals surface area contributed by atoms with E-state index in [4.69, 9.17) is 4.74 Å². The molecular weight excluding hydrogens is 242 g/mol. The van der Waals surface area contributed by atoms with E-state index in [2.05, 4.69) is 0 Å². The summed E-state index contributed by atoms with van der Waals surface area (Å²) in [5.74, 6) is -0.463. The third-order valence-electron chi connectivity index (χ3n) is 3.41. The second-order valence-electron chi connectivity index (χ2n) is 5.88. The molecule has 0 radical (unpaired) electrons. The van der Waals surface area contributed by atoms with E-state index < -0.39 is 6.04 Å². The average molecular weight is 261 g/mol. The van der Waals surface area contributed by atoms with E-state index in [-0.39, 0.29) is 17.3 Å². The number of rotatable bonds is 2. The first-order valence-electron chi connectivity index (χ1n) is 6.33. The maximum absolute atomic E-state index is 12.4. The minimum Gasteiger partial charge on any atom is -0.467 e. The minimum atomic E-state index is -0.572. The fourth-order valence-corrected chi connectivity index (χ4v) is 2.55. The van der Waals surface area contributed by atoms with E-state index in [0.717, 1.165) is 5.56 Å². The van der Waals surface area contributed by atoms with Gasteiger partial charge in [-0.3, -0.25) is 4.79 Å². The summed E-state index contributed by atoms with van der Waals surface area (Å²) >= 11 is 0. The van der Waals surface area contributed by atoms with Crippen molar-refractivity contribution < 1.29 is 14.3 Å². The summed E-state index contributed by atoms with van der Waals surface area (Å²) < 4.78 is 4.87. The Labute approximate surface area is 113 Å². The Balaban J connectivity index is 2.37. The van der Waals surface area contributed by atoms with Crippen LogP contribution in [0.4, 0.5) is 0 Å². The van der Waals surface area contributed by atoms with Crippen molar-refractivity contribution in [2.24, 2.45) is 5.41 Å². The molecule has 2 rings (SSSR count). The number of ether oxygens (including phenoxy) is 1. The molecule has 0 spiro atoms. The number of hydrogen-bond donors (Lipinski definition) is 0. The lowest BCUT2D eigenvalue weighted by Gasteiger charge is -2.35. The number of amides is 1. The first-order chi connectivity index (χ1) is 8.86. The highest BCUT2D eigenvalue weighted by atomic mass is 16.5. The number of fused-ring (bicyclic) bond motifs is 1. The van der Waals surface area contributed by atoms with E-state index in [1.165, 1.54) is 7.11 Å². The highest BCUT2D eigenvalue weighted by Gasteiger charge is 2.43. The molecule has 1 atom stereocenters. The maximum atomic E-state index is 12.4. The fourth-order valence-electron chi connectivity index (χ4n) is 2.55. The van der Waals surface area contributed by atoms with Crippen molar-refractivity contribution in [3.63, 3.8) is 0 Å². The van der Waals surface area contributed by atoms with Gasteiger partial charge in [-0.25, -0.2) is 4.79 Å².